The summed E-state index contributed by atoms with van der Waals surface area (Å²) < 4.78 is 62.3. The first-order valence-corrected chi connectivity index (χ1v) is 12.5. The molecule has 34 heavy (non-hydrogen) atoms. The summed E-state index contributed by atoms with van der Waals surface area (Å²) in [5.41, 5.74) is 1.03. The second-order valence-electron chi connectivity index (χ2n) is 8.66. The quantitative estimate of drug-likeness (QED) is 0.569. The number of alkyl halides is 2. The van der Waals surface area contributed by atoms with Crippen molar-refractivity contribution >= 4 is 15.9 Å². The van der Waals surface area contributed by atoms with E-state index in [2.05, 4.69) is 10.1 Å². The summed E-state index contributed by atoms with van der Waals surface area (Å²) in [6.07, 6.45) is 1.43. The van der Waals surface area contributed by atoms with Crippen molar-refractivity contribution in [3.63, 3.8) is 0 Å². The van der Waals surface area contributed by atoms with E-state index in [1.165, 1.54) is 41.7 Å². The van der Waals surface area contributed by atoms with Crippen molar-refractivity contribution in [2.75, 3.05) is 26.7 Å². The Hall–Kier alpha value is -2.72. The van der Waals surface area contributed by atoms with Gasteiger partial charge in [-0.15, -0.1) is 0 Å². The minimum Gasteiger partial charge on any atom is -0.495 e. The van der Waals surface area contributed by atoms with Crippen LogP contribution in [0.2, 0.25) is 0 Å². The zero-order chi connectivity index (χ0) is 24.9. The highest BCUT2D eigenvalue weighted by Gasteiger charge is 2.34. The average molecular weight is 497 g/mol. The number of hydrogen-bond acceptors (Lipinski definition) is 5. The lowest BCUT2D eigenvalue weighted by molar-refractivity contribution is -0.0498. The maximum Gasteiger partial charge on any atom is 0.387 e. The van der Waals surface area contributed by atoms with Crippen LogP contribution in [-0.4, -0.2) is 52.0 Å². The number of carbonyl (C=O) groups excluding carboxylic acids is 1. The molecule has 1 heterocycles. The lowest BCUT2D eigenvalue weighted by Gasteiger charge is -2.34. The predicted octanol–water partition coefficient (Wildman–Crippen LogP) is 3.94. The fourth-order valence-electron chi connectivity index (χ4n) is 4.22. The highest BCUT2D eigenvalue weighted by molar-refractivity contribution is 7.89. The van der Waals surface area contributed by atoms with Crippen LogP contribution in [0.5, 0.6) is 11.5 Å². The highest BCUT2D eigenvalue weighted by atomic mass is 32.2. The fraction of sp³-hybridized carbons (Fsp3) is 0.458. The Balaban J connectivity index is 1.69. The van der Waals surface area contributed by atoms with E-state index in [0.717, 1.165) is 12.0 Å². The van der Waals surface area contributed by atoms with Gasteiger partial charge >= 0.3 is 6.61 Å². The number of halogens is 2. The standard InChI is InChI=1S/C24H30F2N2O5S/c1-16-12-17(2)15-28(14-16)34(30,31)22-13-19(6-9-21(22)32-3)23(29)27-11-10-18-4-7-20(8-5-18)33-24(25)26/h4-9,13,16-17,24H,10-12,14-15H2,1-3H3,(H,27,29). The van der Waals surface area contributed by atoms with Crippen LogP contribution in [0.3, 0.4) is 0 Å². The maximum atomic E-state index is 13.4. The van der Waals surface area contributed by atoms with Crippen molar-refractivity contribution < 1.29 is 31.5 Å². The van der Waals surface area contributed by atoms with Crippen LogP contribution in [-0.2, 0) is 16.4 Å². The number of piperidine rings is 1. The van der Waals surface area contributed by atoms with Gasteiger partial charge in [-0.2, -0.15) is 13.1 Å². The number of methoxy groups -OCH3 is 1. The van der Waals surface area contributed by atoms with E-state index in [9.17, 15) is 22.0 Å². The molecule has 10 heteroatoms. The molecule has 1 saturated heterocycles. The van der Waals surface area contributed by atoms with E-state index in [1.807, 2.05) is 13.8 Å². The van der Waals surface area contributed by atoms with E-state index >= 15 is 0 Å². The summed E-state index contributed by atoms with van der Waals surface area (Å²) >= 11 is 0. The summed E-state index contributed by atoms with van der Waals surface area (Å²) in [7, 11) is -2.44. The van der Waals surface area contributed by atoms with Crippen LogP contribution in [0.25, 0.3) is 0 Å². The molecule has 2 unspecified atom stereocenters. The molecule has 1 aliphatic rings. The minimum absolute atomic E-state index is 0.0291. The zero-order valence-corrected chi connectivity index (χ0v) is 20.3. The summed E-state index contributed by atoms with van der Waals surface area (Å²) in [6, 6.07) is 10.5. The average Bonchev–Trinajstić information content (AvgIpc) is 2.78. The van der Waals surface area contributed by atoms with Crippen molar-refractivity contribution in [3.05, 3.63) is 53.6 Å². The third-order valence-electron chi connectivity index (χ3n) is 5.73. The normalized spacial score (nSPS) is 19.1. The van der Waals surface area contributed by atoms with E-state index < -0.39 is 22.5 Å². The van der Waals surface area contributed by atoms with Crippen LogP contribution in [0.15, 0.2) is 47.4 Å². The first kappa shape index (κ1) is 25.9. The summed E-state index contributed by atoms with van der Waals surface area (Å²) in [4.78, 5) is 12.7. The van der Waals surface area contributed by atoms with Crippen molar-refractivity contribution in [1.29, 1.82) is 0 Å². The van der Waals surface area contributed by atoms with Crippen LogP contribution >= 0.6 is 0 Å². The van der Waals surface area contributed by atoms with Gasteiger partial charge in [0.25, 0.3) is 5.91 Å². The number of nitrogens with one attached hydrogen (secondary N) is 1. The summed E-state index contributed by atoms with van der Waals surface area (Å²) in [5, 5.41) is 2.76. The van der Waals surface area contributed by atoms with Gasteiger partial charge in [-0.1, -0.05) is 26.0 Å². The number of benzene rings is 2. The minimum atomic E-state index is -3.84. The zero-order valence-electron chi connectivity index (χ0n) is 19.5. The van der Waals surface area contributed by atoms with Crippen LogP contribution in [0.1, 0.15) is 36.2 Å². The number of hydrogen-bond donors (Lipinski definition) is 1. The molecule has 1 amide bonds. The second kappa shape index (κ2) is 11.1. The monoisotopic (exact) mass is 496 g/mol. The molecular formula is C24H30F2N2O5S. The Morgan fingerprint density at radius 3 is 2.35 bits per heavy atom. The first-order chi connectivity index (χ1) is 16.1. The van der Waals surface area contributed by atoms with Gasteiger partial charge in [-0.25, -0.2) is 8.42 Å². The number of ether oxygens (including phenoxy) is 2. The Morgan fingerprint density at radius 1 is 1.12 bits per heavy atom. The van der Waals surface area contributed by atoms with Crippen molar-refractivity contribution in [2.45, 2.75) is 38.2 Å². The van der Waals surface area contributed by atoms with Crippen molar-refractivity contribution in [1.82, 2.24) is 9.62 Å². The van der Waals surface area contributed by atoms with Gasteiger partial charge in [0.2, 0.25) is 10.0 Å². The van der Waals surface area contributed by atoms with E-state index in [4.69, 9.17) is 4.74 Å². The molecule has 0 bridgehead atoms. The van der Waals surface area contributed by atoms with Crippen molar-refractivity contribution in [2.24, 2.45) is 11.8 Å². The van der Waals surface area contributed by atoms with Crippen molar-refractivity contribution in [3.8, 4) is 11.5 Å². The lowest BCUT2D eigenvalue weighted by Crippen LogP contribution is -2.42. The largest absolute Gasteiger partial charge is 0.495 e. The third-order valence-corrected chi connectivity index (χ3v) is 7.58. The molecule has 0 aliphatic carbocycles. The fourth-order valence-corrected chi connectivity index (χ4v) is 6.08. The highest BCUT2D eigenvalue weighted by Crippen LogP contribution is 2.32. The number of nitrogens with zero attached hydrogens (tertiary/aromatic N) is 1. The van der Waals surface area contributed by atoms with Crippen LogP contribution in [0.4, 0.5) is 8.78 Å². The number of carbonyl (C=O) groups is 1. The topological polar surface area (TPSA) is 84.9 Å². The molecule has 0 aromatic heterocycles. The molecular weight excluding hydrogens is 466 g/mol. The van der Waals surface area contributed by atoms with Gasteiger partial charge in [0.05, 0.1) is 7.11 Å². The van der Waals surface area contributed by atoms with Gasteiger partial charge in [-0.3, -0.25) is 4.79 Å². The Morgan fingerprint density at radius 2 is 1.76 bits per heavy atom. The second-order valence-corrected chi connectivity index (χ2v) is 10.6. The SMILES string of the molecule is COc1ccc(C(=O)NCCc2ccc(OC(F)F)cc2)cc1S(=O)(=O)N1CC(C)CC(C)C1. The molecule has 0 saturated carbocycles. The molecule has 186 valence electrons. The van der Waals surface area contributed by atoms with Gasteiger partial charge in [-0.05, 0) is 60.6 Å². The Labute approximate surface area is 199 Å². The van der Waals surface area contributed by atoms with Gasteiger partial charge in [0.1, 0.15) is 16.4 Å². The molecule has 7 nitrogen and oxygen atoms in total. The van der Waals surface area contributed by atoms with Gasteiger partial charge in [0.15, 0.2) is 0 Å². The molecule has 0 radical (unpaired) electrons. The van der Waals surface area contributed by atoms with Gasteiger partial charge < -0.3 is 14.8 Å². The Bertz CT molecular complexity index is 1080. The smallest absolute Gasteiger partial charge is 0.387 e. The molecule has 1 fully saturated rings. The molecule has 1 aliphatic heterocycles. The molecule has 2 aromatic carbocycles. The van der Waals surface area contributed by atoms with E-state index in [1.54, 1.807) is 12.1 Å². The number of amides is 1. The number of sulfonamides is 1. The third kappa shape index (κ3) is 6.44. The molecule has 0 spiro atoms. The first-order valence-electron chi connectivity index (χ1n) is 11.1. The van der Waals surface area contributed by atoms with E-state index in [-0.39, 0.29) is 40.3 Å². The molecule has 2 atom stereocenters. The molecule has 3 rings (SSSR count). The van der Waals surface area contributed by atoms with Gasteiger partial charge in [0, 0.05) is 25.2 Å². The van der Waals surface area contributed by atoms with Crippen LogP contribution in [0, 0.1) is 11.8 Å². The summed E-state index contributed by atoms with van der Waals surface area (Å²) in [5.74, 6) is 0.317. The molecule has 2 aromatic rings. The number of rotatable bonds is 9. The van der Waals surface area contributed by atoms with Crippen LogP contribution < -0.4 is 14.8 Å². The molecule has 1 N–H and O–H groups in total. The van der Waals surface area contributed by atoms with E-state index in [0.29, 0.717) is 19.5 Å². The summed E-state index contributed by atoms with van der Waals surface area (Å²) in [6.45, 7) is 2.30. The predicted molar refractivity (Wildman–Crippen MR) is 124 cm³/mol. The lowest BCUT2D eigenvalue weighted by atomic mass is 9.94. The maximum absolute atomic E-state index is 13.4. The Kier molecular flexibility index (Phi) is 8.48.